The van der Waals surface area contributed by atoms with E-state index in [0.29, 0.717) is 11.8 Å². The summed E-state index contributed by atoms with van der Waals surface area (Å²) in [5, 5.41) is 12.7. The van der Waals surface area contributed by atoms with E-state index in [0.717, 1.165) is 12.1 Å². The van der Waals surface area contributed by atoms with Gasteiger partial charge in [-0.15, -0.1) is 0 Å². The maximum Gasteiger partial charge on any atom is 0.244 e. The maximum atomic E-state index is 13.7. The van der Waals surface area contributed by atoms with E-state index in [1.54, 1.807) is 12.1 Å². The van der Waals surface area contributed by atoms with Crippen LogP contribution in [0.2, 0.25) is 0 Å². The molecule has 0 aliphatic rings. The lowest BCUT2D eigenvalue weighted by atomic mass is 9.95. The molecule has 2 aromatic rings. The number of carbonyl (C=O) groups excluding carboxylic acids is 1. The Morgan fingerprint density at radius 3 is 2.82 bits per heavy atom. The SMILES string of the molecule is CC(O)(CNC(=O)/C=C/c1ccco1)c1ccc(F)cc1F. The molecule has 2 rings (SSSR count). The van der Waals surface area contributed by atoms with Gasteiger partial charge < -0.3 is 14.8 Å². The van der Waals surface area contributed by atoms with Crippen LogP contribution in [0.1, 0.15) is 18.2 Å². The highest BCUT2D eigenvalue weighted by Crippen LogP contribution is 2.23. The molecule has 22 heavy (non-hydrogen) atoms. The minimum absolute atomic E-state index is 0.0933. The largest absolute Gasteiger partial charge is 0.465 e. The first kappa shape index (κ1) is 15.9. The maximum absolute atomic E-state index is 13.7. The average Bonchev–Trinajstić information content (AvgIpc) is 2.96. The lowest BCUT2D eigenvalue weighted by Crippen LogP contribution is -2.38. The lowest BCUT2D eigenvalue weighted by molar-refractivity contribution is -0.117. The van der Waals surface area contributed by atoms with Gasteiger partial charge in [0, 0.05) is 17.7 Å². The third-order valence-corrected chi connectivity index (χ3v) is 3.06. The minimum Gasteiger partial charge on any atom is -0.465 e. The number of aliphatic hydroxyl groups is 1. The zero-order chi connectivity index (χ0) is 16.2. The van der Waals surface area contributed by atoms with Crippen molar-refractivity contribution in [1.82, 2.24) is 5.32 Å². The summed E-state index contributed by atoms with van der Waals surface area (Å²) >= 11 is 0. The van der Waals surface area contributed by atoms with Crippen LogP contribution in [-0.4, -0.2) is 17.6 Å². The van der Waals surface area contributed by atoms with Gasteiger partial charge in [-0.1, -0.05) is 6.07 Å². The number of furan rings is 1. The normalized spacial score (nSPS) is 14.0. The van der Waals surface area contributed by atoms with Crippen molar-refractivity contribution in [2.45, 2.75) is 12.5 Å². The Balaban J connectivity index is 1.98. The van der Waals surface area contributed by atoms with Gasteiger partial charge in [-0.2, -0.15) is 0 Å². The van der Waals surface area contributed by atoms with Gasteiger partial charge in [0.2, 0.25) is 5.91 Å². The van der Waals surface area contributed by atoms with E-state index in [2.05, 4.69) is 5.32 Å². The third kappa shape index (κ3) is 4.02. The Morgan fingerprint density at radius 1 is 1.41 bits per heavy atom. The van der Waals surface area contributed by atoms with Gasteiger partial charge in [0.05, 0.1) is 12.8 Å². The van der Waals surface area contributed by atoms with Crippen molar-refractivity contribution in [3.8, 4) is 0 Å². The van der Waals surface area contributed by atoms with Crippen molar-refractivity contribution in [1.29, 1.82) is 0 Å². The highest BCUT2D eigenvalue weighted by molar-refractivity contribution is 5.91. The second kappa shape index (κ2) is 6.53. The second-order valence-electron chi connectivity index (χ2n) is 4.96. The van der Waals surface area contributed by atoms with Gasteiger partial charge in [0.25, 0.3) is 0 Å². The second-order valence-corrected chi connectivity index (χ2v) is 4.96. The van der Waals surface area contributed by atoms with Gasteiger partial charge in [-0.3, -0.25) is 4.79 Å². The molecule has 1 heterocycles. The molecular formula is C16H15F2NO3. The van der Waals surface area contributed by atoms with E-state index >= 15 is 0 Å². The van der Waals surface area contributed by atoms with Crippen LogP contribution in [0, 0.1) is 11.6 Å². The summed E-state index contributed by atoms with van der Waals surface area (Å²) in [6, 6.07) is 6.23. The van der Waals surface area contributed by atoms with E-state index < -0.39 is 23.1 Å². The average molecular weight is 307 g/mol. The molecule has 0 radical (unpaired) electrons. The predicted molar refractivity (Wildman–Crippen MR) is 76.7 cm³/mol. The summed E-state index contributed by atoms with van der Waals surface area (Å²) in [4.78, 5) is 11.7. The molecule has 1 aromatic heterocycles. The highest BCUT2D eigenvalue weighted by atomic mass is 19.1. The molecule has 2 N–H and O–H groups in total. The fourth-order valence-corrected chi connectivity index (χ4v) is 1.88. The number of carbonyl (C=O) groups is 1. The van der Waals surface area contributed by atoms with E-state index in [9.17, 15) is 18.7 Å². The smallest absolute Gasteiger partial charge is 0.244 e. The predicted octanol–water partition coefficient (Wildman–Crippen LogP) is 2.59. The first-order valence-corrected chi connectivity index (χ1v) is 6.56. The summed E-state index contributed by atoms with van der Waals surface area (Å²) in [6.45, 7) is 1.11. The molecule has 6 heteroatoms. The summed E-state index contributed by atoms with van der Waals surface area (Å²) in [6.07, 6.45) is 4.16. The van der Waals surface area contributed by atoms with Crippen molar-refractivity contribution in [2.24, 2.45) is 0 Å². The van der Waals surface area contributed by atoms with Crippen LogP contribution in [0.25, 0.3) is 6.08 Å². The molecule has 0 saturated carbocycles. The topological polar surface area (TPSA) is 62.5 Å². The number of hydrogen-bond donors (Lipinski definition) is 2. The zero-order valence-electron chi connectivity index (χ0n) is 11.8. The van der Waals surface area contributed by atoms with Gasteiger partial charge >= 0.3 is 0 Å². The van der Waals surface area contributed by atoms with Crippen LogP contribution in [0.3, 0.4) is 0 Å². The van der Waals surface area contributed by atoms with Crippen molar-refractivity contribution < 1.29 is 23.1 Å². The van der Waals surface area contributed by atoms with Crippen LogP contribution < -0.4 is 5.32 Å². The van der Waals surface area contributed by atoms with Crippen LogP contribution in [0.4, 0.5) is 8.78 Å². The molecule has 0 fully saturated rings. The van der Waals surface area contributed by atoms with Crippen LogP contribution in [0.5, 0.6) is 0 Å². The molecule has 1 amide bonds. The molecule has 1 aromatic carbocycles. The molecule has 1 unspecified atom stereocenters. The molecule has 0 aliphatic heterocycles. The highest BCUT2D eigenvalue weighted by Gasteiger charge is 2.27. The van der Waals surface area contributed by atoms with Crippen LogP contribution in [0.15, 0.2) is 47.1 Å². The Kier molecular flexibility index (Phi) is 4.72. The summed E-state index contributed by atoms with van der Waals surface area (Å²) in [5.41, 5.74) is -1.75. The van der Waals surface area contributed by atoms with E-state index in [1.807, 2.05) is 0 Å². The zero-order valence-corrected chi connectivity index (χ0v) is 11.8. The summed E-state index contributed by atoms with van der Waals surface area (Å²) in [7, 11) is 0. The van der Waals surface area contributed by atoms with E-state index in [-0.39, 0.29) is 12.1 Å². The molecular weight excluding hydrogens is 292 g/mol. The summed E-state index contributed by atoms with van der Waals surface area (Å²) in [5.74, 6) is -1.57. The molecule has 1 atom stereocenters. The Morgan fingerprint density at radius 2 is 2.18 bits per heavy atom. The van der Waals surface area contributed by atoms with Crippen molar-refractivity contribution in [3.63, 3.8) is 0 Å². The minimum atomic E-state index is -1.66. The number of rotatable bonds is 5. The fourth-order valence-electron chi connectivity index (χ4n) is 1.88. The monoisotopic (exact) mass is 307 g/mol. The number of benzene rings is 1. The molecule has 0 bridgehead atoms. The van der Waals surface area contributed by atoms with Gasteiger partial charge in [0.1, 0.15) is 23.0 Å². The molecule has 0 saturated heterocycles. The molecule has 116 valence electrons. The van der Waals surface area contributed by atoms with E-state index in [4.69, 9.17) is 4.42 Å². The van der Waals surface area contributed by atoms with Gasteiger partial charge in [0.15, 0.2) is 0 Å². The first-order chi connectivity index (χ1) is 10.4. The standard InChI is InChI=1S/C16H15F2NO3/c1-16(21,13-6-4-11(17)9-14(13)18)10-19-15(20)7-5-12-3-2-8-22-12/h2-9,21H,10H2,1H3,(H,19,20)/b7-5+. The third-order valence-electron chi connectivity index (χ3n) is 3.06. The Labute approximate surface area is 126 Å². The fraction of sp³-hybridized carbons (Fsp3) is 0.188. The summed E-state index contributed by atoms with van der Waals surface area (Å²) < 4.78 is 31.6. The Bertz CT molecular complexity index is 679. The van der Waals surface area contributed by atoms with Crippen molar-refractivity contribution >= 4 is 12.0 Å². The number of halogens is 2. The van der Waals surface area contributed by atoms with Gasteiger partial charge in [-0.05, 0) is 31.2 Å². The van der Waals surface area contributed by atoms with Gasteiger partial charge in [-0.25, -0.2) is 8.78 Å². The number of nitrogens with one attached hydrogen (secondary N) is 1. The number of amides is 1. The van der Waals surface area contributed by atoms with E-state index in [1.165, 1.54) is 25.3 Å². The molecule has 0 spiro atoms. The quantitative estimate of drug-likeness (QED) is 0.835. The lowest BCUT2D eigenvalue weighted by Gasteiger charge is -2.24. The van der Waals surface area contributed by atoms with Crippen LogP contribution >= 0.6 is 0 Å². The van der Waals surface area contributed by atoms with Crippen LogP contribution in [-0.2, 0) is 10.4 Å². The van der Waals surface area contributed by atoms with Crippen molar-refractivity contribution in [3.05, 3.63) is 65.6 Å². The van der Waals surface area contributed by atoms with Crippen molar-refractivity contribution in [2.75, 3.05) is 6.54 Å². The molecule has 4 nitrogen and oxygen atoms in total. The Hall–Kier alpha value is -2.47. The number of hydrogen-bond acceptors (Lipinski definition) is 3. The molecule has 0 aliphatic carbocycles. The first-order valence-electron chi connectivity index (χ1n) is 6.56.